The van der Waals surface area contributed by atoms with Crippen LogP contribution in [-0.4, -0.2) is 7.05 Å². The van der Waals surface area contributed by atoms with Gasteiger partial charge in [-0.2, -0.15) is 0 Å². The molecule has 0 saturated heterocycles. The van der Waals surface area contributed by atoms with Gasteiger partial charge in [0.1, 0.15) is 11.3 Å². The van der Waals surface area contributed by atoms with Gasteiger partial charge in [0.15, 0.2) is 0 Å². The second-order valence-corrected chi connectivity index (χ2v) is 4.17. The zero-order chi connectivity index (χ0) is 10.1. The summed E-state index contributed by atoms with van der Waals surface area (Å²) in [6.45, 7) is 2.08. The number of benzene rings is 1. The van der Waals surface area contributed by atoms with Crippen LogP contribution in [0.4, 0.5) is 0 Å². The quantitative estimate of drug-likeness (QED) is 0.887. The fraction of sp³-hybridized carbons (Fsp3) is 0.273. The summed E-state index contributed by atoms with van der Waals surface area (Å²) in [5.41, 5.74) is 0.921. The molecule has 0 amide bonds. The molecule has 0 bridgehead atoms. The van der Waals surface area contributed by atoms with E-state index >= 15 is 0 Å². The molecule has 1 atom stereocenters. The summed E-state index contributed by atoms with van der Waals surface area (Å²) in [5, 5.41) is 4.29. The predicted octanol–water partition coefficient (Wildman–Crippen LogP) is 3.48. The highest BCUT2D eigenvalue weighted by Gasteiger charge is 2.10. The van der Waals surface area contributed by atoms with E-state index in [1.807, 2.05) is 19.2 Å². The first-order chi connectivity index (χ1) is 6.72. The van der Waals surface area contributed by atoms with E-state index in [1.165, 1.54) is 0 Å². The highest BCUT2D eigenvalue weighted by Crippen LogP contribution is 2.29. The van der Waals surface area contributed by atoms with Crippen LogP contribution < -0.4 is 5.32 Å². The lowest BCUT2D eigenvalue weighted by Crippen LogP contribution is -2.10. The smallest absolute Gasteiger partial charge is 0.148 e. The Kier molecular flexibility index (Phi) is 2.61. The molecule has 0 spiro atoms. The number of para-hydroxylation sites is 1. The molecule has 1 unspecified atom stereocenters. The summed E-state index contributed by atoms with van der Waals surface area (Å²) in [6.07, 6.45) is 0. The van der Waals surface area contributed by atoms with Crippen LogP contribution in [0.5, 0.6) is 0 Å². The van der Waals surface area contributed by atoms with Crippen molar-refractivity contribution in [3.63, 3.8) is 0 Å². The van der Waals surface area contributed by atoms with Crippen molar-refractivity contribution >= 4 is 26.9 Å². The molecule has 0 fully saturated rings. The molecule has 14 heavy (non-hydrogen) atoms. The summed E-state index contributed by atoms with van der Waals surface area (Å²) >= 11 is 3.47. The Hall–Kier alpha value is -0.800. The first-order valence-corrected chi connectivity index (χ1v) is 5.37. The van der Waals surface area contributed by atoms with Gasteiger partial charge < -0.3 is 9.73 Å². The fourth-order valence-corrected chi connectivity index (χ4v) is 1.87. The number of fused-ring (bicyclic) bond motifs is 1. The Balaban J connectivity index is 2.56. The van der Waals surface area contributed by atoms with Crippen LogP contribution >= 0.6 is 15.9 Å². The number of nitrogens with one attached hydrogen (secondary N) is 1. The second-order valence-electron chi connectivity index (χ2n) is 3.32. The number of hydrogen-bond acceptors (Lipinski definition) is 2. The van der Waals surface area contributed by atoms with Crippen molar-refractivity contribution in [2.24, 2.45) is 0 Å². The van der Waals surface area contributed by atoms with Crippen LogP contribution in [0.3, 0.4) is 0 Å². The van der Waals surface area contributed by atoms with Gasteiger partial charge in [-0.3, -0.25) is 0 Å². The lowest BCUT2D eigenvalue weighted by Gasteiger charge is -2.04. The number of hydrogen-bond donors (Lipinski definition) is 1. The van der Waals surface area contributed by atoms with Gasteiger partial charge in [-0.25, -0.2) is 0 Å². The van der Waals surface area contributed by atoms with Gasteiger partial charge >= 0.3 is 0 Å². The fourth-order valence-electron chi connectivity index (χ4n) is 1.40. The van der Waals surface area contributed by atoms with Crippen molar-refractivity contribution in [1.82, 2.24) is 5.32 Å². The third kappa shape index (κ3) is 1.57. The monoisotopic (exact) mass is 253 g/mol. The largest absolute Gasteiger partial charge is 0.458 e. The van der Waals surface area contributed by atoms with Crippen molar-refractivity contribution in [2.75, 3.05) is 7.05 Å². The molecule has 74 valence electrons. The van der Waals surface area contributed by atoms with Crippen molar-refractivity contribution in [3.05, 3.63) is 34.5 Å². The molecule has 3 heteroatoms. The van der Waals surface area contributed by atoms with Gasteiger partial charge in [0.05, 0.1) is 10.5 Å². The zero-order valence-electron chi connectivity index (χ0n) is 8.17. The molecule has 1 aromatic carbocycles. The highest BCUT2D eigenvalue weighted by molar-refractivity contribution is 9.10. The van der Waals surface area contributed by atoms with Crippen LogP contribution in [0.2, 0.25) is 0 Å². The molecule has 0 aliphatic heterocycles. The van der Waals surface area contributed by atoms with Gasteiger partial charge in [0, 0.05) is 5.39 Å². The van der Waals surface area contributed by atoms with Crippen molar-refractivity contribution in [1.29, 1.82) is 0 Å². The third-order valence-electron chi connectivity index (χ3n) is 2.37. The van der Waals surface area contributed by atoms with E-state index in [1.54, 1.807) is 0 Å². The molecule has 0 radical (unpaired) electrons. The number of furan rings is 1. The average molecular weight is 254 g/mol. The van der Waals surface area contributed by atoms with Gasteiger partial charge in [0.2, 0.25) is 0 Å². The zero-order valence-corrected chi connectivity index (χ0v) is 9.76. The first-order valence-electron chi connectivity index (χ1n) is 4.57. The molecule has 0 aliphatic carbocycles. The Bertz CT molecular complexity index is 449. The van der Waals surface area contributed by atoms with Crippen molar-refractivity contribution in [3.8, 4) is 0 Å². The summed E-state index contributed by atoms with van der Waals surface area (Å²) in [6, 6.07) is 8.36. The van der Waals surface area contributed by atoms with Gasteiger partial charge in [-0.15, -0.1) is 0 Å². The highest BCUT2D eigenvalue weighted by atomic mass is 79.9. The Labute approximate surface area is 91.4 Å². The molecular weight excluding hydrogens is 242 g/mol. The second kappa shape index (κ2) is 3.75. The molecule has 0 aliphatic rings. The minimum absolute atomic E-state index is 0.245. The van der Waals surface area contributed by atoms with Crippen LogP contribution in [0, 0.1) is 0 Å². The number of halogens is 1. The normalized spacial score (nSPS) is 13.4. The van der Waals surface area contributed by atoms with Crippen LogP contribution in [0.25, 0.3) is 11.0 Å². The molecule has 2 nitrogen and oxygen atoms in total. The van der Waals surface area contributed by atoms with E-state index in [0.29, 0.717) is 0 Å². The van der Waals surface area contributed by atoms with Gasteiger partial charge in [0.25, 0.3) is 0 Å². The summed E-state index contributed by atoms with van der Waals surface area (Å²) in [5.74, 6) is 0.967. The van der Waals surface area contributed by atoms with Crippen LogP contribution in [0.1, 0.15) is 18.7 Å². The maximum atomic E-state index is 5.74. The molecule has 1 N–H and O–H groups in total. The summed E-state index contributed by atoms with van der Waals surface area (Å²) in [7, 11) is 1.92. The molecule has 1 aromatic heterocycles. The summed E-state index contributed by atoms with van der Waals surface area (Å²) in [4.78, 5) is 0. The van der Waals surface area contributed by atoms with Gasteiger partial charge in [-0.1, -0.05) is 12.1 Å². The van der Waals surface area contributed by atoms with E-state index in [4.69, 9.17) is 4.42 Å². The van der Waals surface area contributed by atoms with E-state index in [-0.39, 0.29) is 6.04 Å². The van der Waals surface area contributed by atoms with E-state index in [2.05, 4.69) is 40.3 Å². The molecular formula is C11H12BrNO. The SMILES string of the molecule is CNC(C)c1cc2cccc(Br)c2o1. The number of rotatable bonds is 2. The van der Waals surface area contributed by atoms with Crippen molar-refractivity contribution < 1.29 is 4.42 Å². The Morgan fingerprint density at radius 2 is 2.21 bits per heavy atom. The predicted molar refractivity (Wildman–Crippen MR) is 61.4 cm³/mol. The minimum Gasteiger partial charge on any atom is -0.458 e. The molecule has 2 rings (SSSR count). The van der Waals surface area contributed by atoms with Crippen LogP contribution in [-0.2, 0) is 0 Å². The maximum absolute atomic E-state index is 5.74. The van der Waals surface area contributed by atoms with E-state index in [0.717, 1.165) is 21.2 Å². The standard InChI is InChI=1S/C11H12BrNO/c1-7(13-2)10-6-8-4-3-5-9(12)11(8)14-10/h3-7,13H,1-2H3. The molecule has 2 aromatic rings. The lowest BCUT2D eigenvalue weighted by molar-refractivity contribution is 0.474. The topological polar surface area (TPSA) is 25.2 Å². The maximum Gasteiger partial charge on any atom is 0.148 e. The molecule has 1 heterocycles. The Morgan fingerprint density at radius 3 is 2.86 bits per heavy atom. The van der Waals surface area contributed by atoms with Crippen LogP contribution in [0.15, 0.2) is 33.2 Å². The van der Waals surface area contributed by atoms with Crippen molar-refractivity contribution in [2.45, 2.75) is 13.0 Å². The Morgan fingerprint density at radius 1 is 1.43 bits per heavy atom. The molecule has 0 saturated carbocycles. The third-order valence-corrected chi connectivity index (χ3v) is 3.00. The average Bonchev–Trinajstić information content (AvgIpc) is 2.62. The summed E-state index contributed by atoms with van der Waals surface area (Å²) < 4.78 is 6.75. The van der Waals surface area contributed by atoms with E-state index < -0.39 is 0 Å². The first kappa shape index (κ1) is 9.74. The minimum atomic E-state index is 0.245. The lowest BCUT2D eigenvalue weighted by atomic mass is 10.2. The van der Waals surface area contributed by atoms with E-state index in [9.17, 15) is 0 Å². The van der Waals surface area contributed by atoms with Gasteiger partial charge in [-0.05, 0) is 42.0 Å².